The predicted octanol–water partition coefficient (Wildman–Crippen LogP) is 2.90. The van der Waals surface area contributed by atoms with E-state index in [2.05, 4.69) is 4.72 Å². The van der Waals surface area contributed by atoms with Crippen molar-refractivity contribution in [2.45, 2.75) is 24.4 Å². The third-order valence-corrected chi connectivity index (χ3v) is 5.27. The summed E-state index contributed by atoms with van der Waals surface area (Å²) in [5.41, 5.74) is 0.649. The number of hydrogen-bond donors (Lipinski definition) is 2. The van der Waals surface area contributed by atoms with Crippen LogP contribution in [0.15, 0.2) is 53.4 Å². The number of halogens is 3. The average molecular weight is 430 g/mol. The molecular formula is C19H21F3N2O4S. The summed E-state index contributed by atoms with van der Waals surface area (Å²) in [7, 11) is -3.95. The fourth-order valence-corrected chi connectivity index (χ4v) is 3.57. The lowest BCUT2D eigenvalue weighted by molar-refractivity contribution is -0.123. The highest BCUT2D eigenvalue weighted by Gasteiger charge is 2.28. The van der Waals surface area contributed by atoms with Crippen LogP contribution in [0.2, 0.25) is 0 Å². The molecule has 0 saturated heterocycles. The maximum atomic E-state index is 12.5. The molecule has 0 aliphatic heterocycles. The van der Waals surface area contributed by atoms with E-state index in [4.69, 9.17) is 4.74 Å². The molecule has 0 aliphatic rings. The van der Waals surface area contributed by atoms with Gasteiger partial charge in [0.1, 0.15) is 12.3 Å². The zero-order valence-corrected chi connectivity index (χ0v) is 16.4. The molecule has 0 spiro atoms. The summed E-state index contributed by atoms with van der Waals surface area (Å²) in [6, 6.07) is 12.1. The molecule has 29 heavy (non-hydrogen) atoms. The minimum absolute atomic E-state index is 0.0803. The van der Waals surface area contributed by atoms with Crippen LogP contribution in [0, 0.1) is 0 Å². The molecule has 0 saturated carbocycles. The van der Waals surface area contributed by atoms with Gasteiger partial charge in [0.2, 0.25) is 10.0 Å². The van der Waals surface area contributed by atoms with E-state index in [1.165, 1.54) is 18.2 Å². The number of carbonyl (C=O) groups is 1. The number of alkyl halides is 3. The molecule has 6 nitrogen and oxygen atoms in total. The Hall–Kier alpha value is -2.59. The summed E-state index contributed by atoms with van der Waals surface area (Å²) in [6.07, 6.45) is -4.18. The summed E-state index contributed by atoms with van der Waals surface area (Å²) in [5.74, 6) is -0.345. The van der Waals surface area contributed by atoms with Crippen molar-refractivity contribution >= 4 is 15.9 Å². The first-order chi connectivity index (χ1) is 13.6. The van der Waals surface area contributed by atoms with Gasteiger partial charge in [-0.25, -0.2) is 13.1 Å². The zero-order valence-electron chi connectivity index (χ0n) is 15.6. The quantitative estimate of drug-likeness (QED) is 0.641. The van der Waals surface area contributed by atoms with Gasteiger partial charge in [-0.2, -0.15) is 13.2 Å². The fraction of sp³-hybridized carbons (Fsp3) is 0.316. The molecule has 0 unspecified atom stereocenters. The molecule has 0 aliphatic carbocycles. The van der Waals surface area contributed by atoms with Crippen LogP contribution in [0.25, 0.3) is 0 Å². The van der Waals surface area contributed by atoms with Gasteiger partial charge < -0.3 is 10.1 Å². The summed E-state index contributed by atoms with van der Waals surface area (Å²) in [6.45, 7) is 0.903. The van der Waals surface area contributed by atoms with E-state index in [0.29, 0.717) is 18.8 Å². The molecule has 2 N–H and O–H groups in total. The number of hydrogen-bond acceptors (Lipinski definition) is 4. The Morgan fingerprint density at radius 2 is 1.83 bits per heavy atom. The van der Waals surface area contributed by atoms with Gasteiger partial charge in [-0.1, -0.05) is 24.3 Å². The standard InChI is InChI=1S/C19H21F3N2O4S/c1-2-28-17-9-4-3-6-14(17)10-11-24-29(26,27)16-8-5-7-15(12-16)18(25)23-13-19(20,21)22/h3-9,12,24H,2,10-11,13H2,1H3,(H,23,25). The molecule has 0 aromatic heterocycles. The van der Waals surface area contributed by atoms with Crippen molar-refractivity contribution in [2.24, 2.45) is 0 Å². The van der Waals surface area contributed by atoms with Crippen molar-refractivity contribution in [3.63, 3.8) is 0 Å². The van der Waals surface area contributed by atoms with Crippen LogP contribution in [-0.2, 0) is 16.4 Å². The number of sulfonamides is 1. The molecule has 158 valence electrons. The number of para-hydroxylation sites is 1. The van der Waals surface area contributed by atoms with Gasteiger partial charge in [0.15, 0.2) is 0 Å². The minimum Gasteiger partial charge on any atom is -0.494 e. The lowest BCUT2D eigenvalue weighted by atomic mass is 10.1. The molecule has 0 fully saturated rings. The third-order valence-electron chi connectivity index (χ3n) is 3.81. The molecular weight excluding hydrogens is 409 g/mol. The van der Waals surface area contributed by atoms with E-state index >= 15 is 0 Å². The Labute approximate surface area is 167 Å². The zero-order chi connectivity index (χ0) is 21.5. The van der Waals surface area contributed by atoms with Gasteiger partial charge >= 0.3 is 6.18 Å². The van der Waals surface area contributed by atoms with E-state index in [-0.39, 0.29) is 17.0 Å². The number of amides is 1. The highest BCUT2D eigenvalue weighted by Crippen LogP contribution is 2.19. The lowest BCUT2D eigenvalue weighted by Gasteiger charge is -2.12. The largest absolute Gasteiger partial charge is 0.494 e. The first-order valence-electron chi connectivity index (χ1n) is 8.78. The number of carbonyl (C=O) groups excluding carboxylic acids is 1. The van der Waals surface area contributed by atoms with E-state index in [1.807, 2.05) is 25.1 Å². The molecule has 0 radical (unpaired) electrons. The van der Waals surface area contributed by atoms with E-state index in [0.717, 1.165) is 11.6 Å². The Morgan fingerprint density at radius 1 is 1.10 bits per heavy atom. The van der Waals surface area contributed by atoms with Gasteiger partial charge in [-0.05, 0) is 43.2 Å². The van der Waals surface area contributed by atoms with Crippen LogP contribution < -0.4 is 14.8 Å². The molecule has 2 aromatic rings. The SMILES string of the molecule is CCOc1ccccc1CCNS(=O)(=O)c1cccc(C(=O)NCC(F)(F)F)c1. The van der Waals surface area contributed by atoms with E-state index < -0.39 is 28.7 Å². The van der Waals surface area contributed by atoms with Crippen molar-refractivity contribution in [3.8, 4) is 5.75 Å². The average Bonchev–Trinajstić information content (AvgIpc) is 2.67. The van der Waals surface area contributed by atoms with Gasteiger partial charge in [0.25, 0.3) is 5.91 Å². The molecule has 1 amide bonds. The first kappa shape index (κ1) is 22.7. The van der Waals surface area contributed by atoms with Crippen LogP contribution >= 0.6 is 0 Å². The third kappa shape index (κ3) is 7.06. The van der Waals surface area contributed by atoms with Gasteiger partial charge in [0, 0.05) is 12.1 Å². The summed E-state index contributed by atoms with van der Waals surface area (Å²) in [5, 5.41) is 1.71. The number of nitrogens with one attached hydrogen (secondary N) is 2. The minimum atomic E-state index is -4.56. The Morgan fingerprint density at radius 3 is 2.52 bits per heavy atom. The molecule has 2 rings (SSSR count). The highest BCUT2D eigenvalue weighted by atomic mass is 32.2. The number of ether oxygens (including phenoxy) is 1. The Kier molecular flexibility index (Phi) is 7.63. The van der Waals surface area contributed by atoms with Crippen LogP contribution in [0.5, 0.6) is 5.75 Å². The van der Waals surface area contributed by atoms with Crippen molar-refractivity contribution < 1.29 is 31.1 Å². The Bertz CT molecular complexity index is 946. The lowest BCUT2D eigenvalue weighted by Crippen LogP contribution is -2.34. The molecule has 2 aromatic carbocycles. The second-order valence-electron chi connectivity index (χ2n) is 6.01. The van der Waals surface area contributed by atoms with E-state index in [1.54, 1.807) is 11.4 Å². The molecule has 0 heterocycles. The maximum absolute atomic E-state index is 12.5. The molecule has 10 heteroatoms. The predicted molar refractivity (Wildman–Crippen MR) is 101 cm³/mol. The summed E-state index contributed by atoms with van der Waals surface area (Å²) >= 11 is 0. The molecule has 0 atom stereocenters. The highest BCUT2D eigenvalue weighted by molar-refractivity contribution is 7.89. The van der Waals surface area contributed by atoms with Crippen molar-refractivity contribution in [1.82, 2.24) is 10.0 Å². The topological polar surface area (TPSA) is 84.5 Å². The number of benzene rings is 2. The van der Waals surface area contributed by atoms with E-state index in [9.17, 15) is 26.4 Å². The van der Waals surface area contributed by atoms with Crippen LogP contribution in [-0.4, -0.2) is 40.2 Å². The van der Waals surface area contributed by atoms with Crippen LogP contribution in [0.3, 0.4) is 0 Å². The fourth-order valence-electron chi connectivity index (χ4n) is 2.50. The monoisotopic (exact) mass is 430 g/mol. The van der Waals surface area contributed by atoms with Crippen LogP contribution in [0.4, 0.5) is 13.2 Å². The Balaban J connectivity index is 2.03. The van der Waals surface area contributed by atoms with Crippen molar-refractivity contribution in [2.75, 3.05) is 19.7 Å². The molecule has 0 bridgehead atoms. The van der Waals surface area contributed by atoms with Crippen molar-refractivity contribution in [1.29, 1.82) is 0 Å². The summed E-state index contributed by atoms with van der Waals surface area (Å²) in [4.78, 5) is 11.6. The smallest absolute Gasteiger partial charge is 0.405 e. The first-order valence-corrected chi connectivity index (χ1v) is 10.3. The second kappa shape index (κ2) is 9.75. The van der Waals surface area contributed by atoms with Crippen molar-refractivity contribution in [3.05, 3.63) is 59.7 Å². The number of rotatable bonds is 9. The van der Waals surface area contributed by atoms with Gasteiger partial charge in [-0.15, -0.1) is 0 Å². The van der Waals surface area contributed by atoms with Gasteiger partial charge in [0.05, 0.1) is 11.5 Å². The van der Waals surface area contributed by atoms with Gasteiger partial charge in [-0.3, -0.25) is 4.79 Å². The second-order valence-corrected chi connectivity index (χ2v) is 7.78. The summed E-state index contributed by atoms with van der Waals surface area (Å²) < 4.78 is 69.5. The maximum Gasteiger partial charge on any atom is 0.405 e. The van der Waals surface area contributed by atoms with Crippen LogP contribution in [0.1, 0.15) is 22.8 Å². The normalized spacial score (nSPS) is 11.9.